The summed E-state index contributed by atoms with van der Waals surface area (Å²) in [5.41, 5.74) is 7.06. The van der Waals surface area contributed by atoms with Crippen LogP contribution in [0.1, 0.15) is 26.2 Å². The zero-order valence-corrected chi connectivity index (χ0v) is 16.8. The Morgan fingerprint density at radius 3 is 2.50 bits per heavy atom. The lowest BCUT2D eigenvalue weighted by atomic mass is 9.91. The number of halogens is 2. The number of anilines is 3. The molecule has 0 spiro atoms. The highest BCUT2D eigenvalue weighted by molar-refractivity contribution is 5.64. The van der Waals surface area contributed by atoms with Crippen molar-refractivity contribution < 1.29 is 13.5 Å². The molecule has 8 nitrogen and oxygen atoms in total. The fourth-order valence-corrected chi connectivity index (χ4v) is 4.60. The molecule has 3 aliphatic rings. The van der Waals surface area contributed by atoms with Crippen LogP contribution in [0.5, 0.6) is 0 Å². The van der Waals surface area contributed by atoms with E-state index in [0.29, 0.717) is 50.2 Å². The molecule has 2 aromatic heterocycles. The maximum Gasteiger partial charge on any atom is 0.248 e. The standard InChI is InChI=1S/C20H25F2N7O/c1-20(21,22)13-2-4-28(5-3-13)19-26-16(12-8-24-18(23)25-9-12)7-17(27-19)29-10-15-6-14(29)11-30-15/h7-9,13-15H,2-6,10-11H2,1H3,(H2,23,24,25)/t14-,15-/m0/s1. The van der Waals surface area contributed by atoms with Gasteiger partial charge in [0.15, 0.2) is 0 Å². The van der Waals surface area contributed by atoms with E-state index in [4.69, 9.17) is 20.4 Å². The maximum absolute atomic E-state index is 13.7. The molecule has 0 saturated carbocycles. The number of nitrogens with zero attached hydrogens (tertiary/aromatic N) is 6. The number of aromatic nitrogens is 4. The molecule has 10 heteroatoms. The van der Waals surface area contributed by atoms with Crippen LogP contribution in [0.4, 0.5) is 26.5 Å². The normalized spacial score (nSPS) is 24.6. The highest BCUT2D eigenvalue weighted by Crippen LogP contribution is 2.36. The fraction of sp³-hybridized carbons (Fsp3) is 0.600. The Labute approximate surface area is 173 Å². The van der Waals surface area contributed by atoms with Gasteiger partial charge in [0.1, 0.15) is 5.82 Å². The molecule has 3 fully saturated rings. The van der Waals surface area contributed by atoms with Crippen LogP contribution < -0.4 is 15.5 Å². The molecule has 0 radical (unpaired) electrons. The van der Waals surface area contributed by atoms with Crippen molar-refractivity contribution in [1.29, 1.82) is 0 Å². The molecule has 0 aromatic carbocycles. The minimum atomic E-state index is -2.66. The van der Waals surface area contributed by atoms with E-state index in [2.05, 4.69) is 14.9 Å². The Morgan fingerprint density at radius 1 is 1.17 bits per heavy atom. The molecule has 2 aromatic rings. The number of hydrogen-bond donors (Lipinski definition) is 1. The van der Waals surface area contributed by atoms with Crippen LogP contribution >= 0.6 is 0 Å². The zero-order chi connectivity index (χ0) is 20.9. The van der Waals surface area contributed by atoms with E-state index in [9.17, 15) is 8.78 Å². The molecule has 2 atom stereocenters. The van der Waals surface area contributed by atoms with Gasteiger partial charge in [0.25, 0.3) is 0 Å². The molecule has 0 amide bonds. The van der Waals surface area contributed by atoms with Gasteiger partial charge in [-0.05, 0) is 26.2 Å². The van der Waals surface area contributed by atoms with Gasteiger partial charge in [-0.2, -0.15) is 4.98 Å². The van der Waals surface area contributed by atoms with Crippen LogP contribution in [0.2, 0.25) is 0 Å². The van der Waals surface area contributed by atoms with Crippen molar-refractivity contribution in [2.45, 2.75) is 44.3 Å². The topological polar surface area (TPSA) is 93.3 Å². The average molecular weight is 417 g/mol. The molecule has 0 aliphatic carbocycles. The summed E-state index contributed by atoms with van der Waals surface area (Å²) >= 11 is 0. The lowest BCUT2D eigenvalue weighted by Crippen LogP contribution is -2.41. The van der Waals surface area contributed by atoms with Gasteiger partial charge < -0.3 is 20.3 Å². The number of morpholine rings is 1. The van der Waals surface area contributed by atoms with Crippen LogP contribution in [-0.4, -0.2) is 64.2 Å². The minimum Gasteiger partial charge on any atom is -0.374 e. The fourth-order valence-electron chi connectivity index (χ4n) is 4.60. The van der Waals surface area contributed by atoms with Crippen molar-refractivity contribution in [2.75, 3.05) is 41.8 Å². The van der Waals surface area contributed by atoms with E-state index in [1.165, 1.54) is 0 Å². The number of ether oxygens (including phenoxy) is 1. The summed E-state index contributed by atoms with van der Waals surface area (Å²) in [5, 5.41) is 0. The van der Waals surface area contributed by atoms with Crippen LogP contribution in [0.3, 0.4) is 0 Å². The van der Waals surface area contributed by atoms with E-state index < -0.39 is 11.8 Å². The molecule has 2 bridgehead atoms. The third-order valence-electron chi connectivity index (χ3n) is 6.36. The monoisotopic (exact) mass is 417 g/mol. The predicted molar refractivity (Wildman–Crippen MR) is 109 cm³/mol. The van der Waals surface area contributed by atoms with Gasteiger partial charge in [0.05, 0.1) is 24.4 Å². The summed E-state index contributed by atoms with van der Waals surface area (Å²) in [6.07, 6.45) is 5.35. The Bertz CT molecular complexity index is 912. The maximum atomic E-state index is 13.7. The van der Waals surface area contributed by atoms with Gasteiger partial charge in [-0.25, -0.2) is 23.7 Å². The van der Waals surface area contributed by atoms with Gasteiger partial charge in [0, 0.05) is 49.6 Å². The first-order valence-corrected chi connectivity index (χ1v) is 10.3. The summed E-state index contributed by atoms with van der Waals surface area (Å²) in [5.74, 6) is -1.68. The SMILES string of the molecule is CC(F)(F)C1CCN(c2nc(-c3cnc(N)nc3)cc(N3C[C@@H]4C[C@H]3CO4)n2)CC1. The second kappa shape index (κ2) is 7.26. The second-order valence-corrected chi connectivity index (χ2v) is 8.46. The lowest BCUT2D eigenvalue weighted by Gasteiger charge is -2.35. The highest BCUT2D eigenvalue weighted by atomic mass is 19.3. The molecular weight excluding hydrogens is 392 g/mol. The van der Waals surface area contributed by atoms with Gasteiger partial charge >= 0.3 is 0 Å². The van der Waals surface area contributed by atoms with Crippen LogP contribution in [0.25, 0.3) is 11.3 Å². The number of rotatable bonds is 4. The summed E-state index contributed by atoms with van der Waals surface area (Å²) in [6, 6.07) is 2.24. The first-order valence-electron chi connectivity index (χ1n) is 10.3. The Morgan fingerprint density at radius 2 is 1.90 bits per heavy atom. The number of nitrogens with two attached hydrogens (primary N) is 1. The second-order valence-electron chi connectivity index (χ2n) is 8.46. The summed E-state index contributed by atoms with van der Waals surface area (Å²) in [7, 11) is 0. The summed E-state index contributed by atoms with van der Waals surface area (Å²) < 4.78 is 33.2. The van der Waals surface area contributed by atoms with Crippen molar-refractivity contribution in [1.82, 2.24) is 19.9 Å². The van der Waals surface area contributed by atoms with Crippen molar-refractivity contribution in [2.24, 2.45) is 5.92 Å². The molecule has 0 unspecified atom stereocenters. The van der Waals surface area contributed by atoms with Crippen LogP contribution in [-0.2, 0) is 4.74 Å². The largest absolute Gasteiger partial charge is 0.374 e. The molecule has 3 saturated heterocycles. The van der Waals surface area contributed by atoms with E-state index in [1.54, 1.807) is 12.4 Å². The highest BCUT2D eigenvalue weighted by Gasteiger charge is 2.40. The Hall–Kier alpha value is -2.62. The summed E-state index contributed by atoms with van der Waals surface area (Å²) in [6.45, 7) is 3.51. The van der Waals surface area contributed by atoms with Crippen molar-refractivity contribution in [3.63, 3.8) is 0 Å². The molecule has 30 heavy (non-hydrogen) atoms. The zero-order valence-electron chi connectivity index (χ0n) is 16.8. The summed E-state index contributed by atoms with van der Waals surface area (Å²) in [4.78, 5) is 22.0. The molecule has 2 N–H and O–H groups in total. The molecule has 5 heterocycles. The van der Waals surface area contributed by atoms with Gasteiger partial charge in [0.2, 0.25) is 17.8 Å². The van der Waals surface area contributed by atoms with Crippen molar-refractivity contribution in [3.05, 3.63) is 18.5 Å². The van der Waals surface area contributed by atoms with Gasteiger partial charge in [-0.1, -0.05) is 0 Å². The van der Waals surface area contributed by atoms with Gasteiger partial charge in [-0.15, -0.1) is 0 Å². The number of piperidine rings is 1. The first-order chi connectivity index (χ1) is 14.4. The van der Waals surface area contributed by atoms with Crippen LogP contribution in [0.15, 0.2) is 18.5 Å². The molecule has 5 rings (SSSR count). The number of alkyl halides is 2. The van der Waals surface area contributed by atoms with E-state index in [1.807, 2.05) is 11.0 Å². The molecule has 160 valence electrons. The lowest BCUT2D eigenvalue weighted by molar-refractivity contribution is -0.0482. The molecule has 3 aliphatic heterocycles. The first kappa shape index (κ1) is 19.3. The third-order valence-corrected chi connectivity index (χ3v) is 6.36. The smallest absolute Gasteiger partial charge is 0.248 e. The van der Waals surface area contributed by atoms with Gasteiger partial charge in [-0.3, -0.25) is 0 Å². The Kier molecular flexibility index (Phi) is 4.68. The van der Waals surface area contributed by atoms with Crippen molar-refractivity contribution >= 4 is 17.7 Å². The molecular formula is C20H25F2N7O. The van der Waals surface area contributed by atoms with Crippen LogP contribution in [0, 0.1) is 5.92 Å². The minimum absolute atomic E-state index is 0.199. The van der Waals surface area contributed by atoms with Crippen molar-refractivity contribution in [3.8, 4) is 11.3 Å². The quantitative estimate of drug-likeness (QED) is 0.811. The third kappa shape index (κ3) is 3.64. The predicted octanol–water partition coefficient (Wildman–Crippen LogP) is 2.36. The number of nitrogen functional groups attached to an aromatic ring is 1. The number of hydrogen-bond acceptors (Lipinski definition) is 8. The van der Waals surface area contributed by atoms with E-state index in [0.717, 1.165) is 31.3 Å². The Balaban J connectivity index is 1.46. The van der Waals surface area contributed by atoms with E-state index in [-0.39, 0.29) is 12.1 Å². The average Bonchev–Trinajstić information content (AvgIpc) is 3.37. The van der Waals surface area contributed by atoms with E-state index >= 15 is 0 Å². The number of fused-ring (bicyclic) bond motifs is 2.